The van der Waals surface area contributed by atoms with E-state index in [9.17, 15) is 18.0 Å². The molecule has 2 aliphatic rings. The number of nitrogens with zero attached hydrogens (tertiary/aromatic N) is 4. The van der Waals surface area contributed by atoms with Crippen LogP contribution in [0.1, 0.15) is 36.1 Å². The van der Waals surface area contributed by atoms with Crippen LogP contribution < -0.4 is 9.80 Å². The molecule has 2 heterocycles. The molecule has 1 spiro atoms. The molecule has 9 heteroatoms. The molecule has 0 unspecified atom stereocenters. The van der Waals surface area contributed by atoms with E-state index in [0.717, 1.165) is 24.2 Å². The lowest BCUT2D eigenvalue weighted by Crippen LogP contribution is -2.54. The van der Waals surface area contributed by atoms with Gasteiger partial charge in [-0.2, -0.15) is 23.5 Å². The monoisotopic (exact) mass is 387 g/mol. The highest BCUT2D eigenvalue weighted by Gasteiger charge is 2.59. The molecule has 1 aromatic heterocycles. The van der Waals surface area contributed by atoms with Crippen LogP contribution in [0.3, 0.4) is 0 Å². The first-order valence-electron chi connectivity index (χ1n) is 8.66. The third kappa shape index (κ3) is 2.41. The van der Waals surface area contributed by atoms with Crippen molar-refractivity contribution in [2.45, 2.75) is 37.9 Å². The summed E-state index contributed by atoms with van der Waals surface area (Å²) < 4.78 is 40.1. The van der Waals surface area contributed by atoms with Crippen LogP contribution >= 0.6 is 0 Å². The summed E-state index contributed by atoms with van der Waals surface area (Å²) in [5.41, 5.74) is -1.69. The van der Waals surface area contributed by atoms with Crippen LogP contribution in [-0.4, -0.2) is 21.6 Å². The number of aromatic amines is 1. The minimum absolute atomic E-state index is 0.0336. The summed E-state index contributed by atoms with van der Waals surface area (Å²) >= 11 is 0. The number of anilines is 2. The Bertz CT molecular complexity index is 1030. The molecule has 1 aromatic carbocycles. The van der Waals surface area contributed by atoms with Crippen LogP contribution in [0.15, 0.2) is 36.7 Å². The maximum Gasteiger partial charge on any atom is 0.417 e. The highest BCUT2D eigenvalue weighted by Crippen LogP contribution is 2.50. The van der Waals surface area contributed by atoms with Gasteiger partial charge in [-0.15, -0.1) is 0 Å². The van der Waals surface area contributed by atoms with Crippen LogP contribution in [0, 0.1) is 18.3 Å². The van der Waals surface area contributed by atoms with Crippen LogP contribution in [0.5, 0.6) is 0 Å². The average Bonchev–Trinajstić information content (AvgIpc) is 3.11. The van der Waals surface area contributed by atoms with Gasteiger partial charge in [-0.1, -0.05) is 6.58 Å². The Kier molecular flexibility index (Phi) is 3.79. The largest absolute Gasteiger partial charge is 0.417 e. The SMILES string of the molecule is C=C1N(c2ccc(C#N)c(C(F)(F)F)c2)C(=O)C2(CCC2)N1c1cc(C)n[nH]1. The van der Waals surface area contributed by atoms with E-state index in [0.29, 0.717) is 18.7 Å². The van der Waals surface area contributed by atoms with E-state index in [1.54, 1.807) is 24.0 Å². The number of alkyl halides is 3. The van der Waals surface area contributed by atoms with E-state index in [-0.39, 0.29) is 17.4 Å². The Morgan fingerprint density at radius 2 is 2.04 bits per heavy atom. The highest BCUT2D eigenvalue weighted by atomic mass is 19.4. The van der Waals surface area contributed by atoms with Crippen molar-refractivity contribution in [3.63, 3.8) is 0 Å². The van der Waals surface area contributed by atoms with Crippen LogP contribution in [0.25, 0.3) is 0 Å². The molecule has 4 rings (SSSR count). The summed E-state index contributed by atoms with van der Waals surface area (Å²) in [6, 6.07) is 6.56. The standard InChI is InChI=1S/C19H16F3N5O/c1-11-8-16(25-24-11)27-12(2)26(17(28)18(27)6-3-7-18)14-5-4-13(10-23)15(9-14)19(20,21)22/h4-5,8-9H,2-3,6-7H2,1H3,(H,24,25). The molecule has 28 heavy (non-hydrogen) atoms. The van der Waals surface area contributed by atoms with E-state index in [1.165, 1.54) is 11.0 Å². The molecular weight excluding hydrogens is 371 g/mol. The molecule has 0 radical (unpaired) electrons. The summed E-state index contributed by atoms with van der Waals surface area (Å²) in [4.78, 5) is 16.2. The van der Waals surface area contributed by atoms with Gasteiger partial charge in [0.1, 0.15) is 17.2 Å². The number of aromatic nitrogens is 2. The summed E-state index contributed by atoms with van der Waals surface area (Å²) in [5, 5.41) is 15.9. The number of halogens is 3. The van der Waals surface area contributed by atoms with Gasteiger partial charge in [-0.25, -0.2) is 0 Å². The lowest BCUT2D eigenvalue weighted by atomic mass is 9.75. The molecule has 1 aliphatic carbocycles. The van der Waals surface area contributed by atoms with Crippen molar-refractivity contribution < 1.29 is 18.0 Å². The fraction of sp³-hybridized carbons (Fsp3) is 0.316. The van der Waals surface area contributed by atoms with Crippen molar-refractivity contribution in [1.82, 2.24) is 10.2 Å². The van der Waals surface area contributed by atoms with Gasteiger partial charge in [0, 0.05) is 6.07 Å². The summed E-state index contributed by atoms with van der Waals surface area (Å²) in [7, 11) is 0. The van der Waals surface area contributed by atoms with E-state index in [1.807, 2.05) is 0 Å². The first kappa shape index (κ1) is 18.1. The smallest absolute Gasteiger partial charge is 0.297 e. The molecular formula is C19H16F3N5O. The molecule has 0 atom stereocenters. The minimum atomic E-state index is -4.71. The van der Waals surface area contributed by atoms with Gasteiger partial charge in [0.05, 0.1) is 28.6 Å². The first-order chi connectivity index (χ1) is 13.2. The van der Waals surface area contributed by atoms with E-state index < -0.39 is 22.8 Å². The lowest BCUT2D eigenvalue weighted by Gasteiger charge is -2.42. The van der Waals surface area contributed by atoms with Gasteiger partial charge in [0.15, 0.2) is 0 Å². The lowest BCUT2D eigenvalue weighted by molar-refractivity contribution is -0.137. The summed E-state index contributed by atoms with van der Waals surface area (Å²) in [6.45, 7) is 5.77. The van der Waals surface area contributed by atoms with Crippen molar-refractivity contribution >= 4 is 17.4 Å². The van der Waals surface area contributed by atoms with Crippen LogP contribution in [0.2, 0.25) is 0 Å². The number of nitriles is 1. The second kappa shape index (κ2) is 5.86. The Labute approximate surface area is 158 Å². The maximum atomic E-state index is 13.4. The number of hydrogen-bond donors (Lipinski definition) is 1. The molecule has 0 bridgehead atoms. The maximum absolute atomic E-state index is 13.4. The predicted octanol–water partition coefficient (Wildman–Crippen LogP) is 3.86. The zero-order chi connectivity index (χ0) is 20.3. The second-order valence-corrected chi connectivity index (χ2v) is 7.01. The predicted molar refractivity (Wildman–Crippen MR) is 95.2 cm³/mol. The molecule has 6 nitrogen and oxygen atoms in total. The van der Waals surface area contributed by atoms with Crippen LogP contribution in [-0.2, 0) is 11.0 Å². The average molecular weight is 387 g/mol. The Morgan fingerprint density at radius 3 is 2.54 bits per heavy atom. The number of H-pyrrole nitrogens is 1. The van der Waals surface area contributed by atoms with Crippen molar-refractivity contribution in [3.05, 3.63) is 53.5 Å². The van der Waals surface area contributed by atoms with Crippen molar-refractivity contribution in [2.75, 3.05) is 9.80 Å². The van der Waals surface area contributed by atoms with E-state index >= 15 is 0 Å². The third-order valence-electron chi connectivity index (χ3n) is 5.35. The van der Waals surface area contributed by atoms with Gasteiger partial charge in [0.25, 0.3) is 5.91 Å². The number of nitrogens with one attached hydrogen (secondary N) is 1. The normalized spacial score (nSPS) is 18.5. The molecule has 1 aliphatic heterocycles. The van der Waals surface area contributed by atoms with E-state index in [2.05, 4.69) is 16.8 Å². The Balaban J connectivity index is 1.82. The number of hydrogen-bond acceptors (Lipinski definition) is 4. The fourth-order valence-electron chi connectivity index (χ4n) is 3.88. The molecule has 2 fully saturated rings. The fourth-order valence-corrected chi connectivity index (χ4v) is 3.88. The zero-order valence-electron chi connectivity index (χ0n) is 15.0. The molecule has 2 aromatic rings. The number of aryl methyl sites for hydroxylation is 1. The third-order valence-corrected chi connectivity index (χ3v) is 5.35. The molecule has 1 saturated heterocycles. The minimum Gasteiger partial charge on any atom is -0.297 e. The number of carbonyl (C=O) groups excluding carboxylic acids is 1. The van der Waals surface area contributed by atoms with Gasteiger partial charge >= 0.3 is 6.18 Å². The van der Waals surface area contributed by atoms with E-state index in [4.69, 9.17) is 5.26 Å². The first-order valence-corrected chi connectivity index (χ1v) is 8.66. The van der Waals surface area contributed by atoms with Crippen LogP contribution in [0.4, 0.5) is 24.7 Å². The number of rotatable bonds is 2. The second-order valence-electron chi connectivity index (χ2n) is 7.01. The Morgan fingerprint density at radius 1 is 1.32 bits per heavy atom. The number of amides is 1. The summed E-state index contributed by atoms with van der Waals surface area (Å²) in [6.07, 6.45) is -2.74. The van der Waals surface area contributed by atoms with Gasteiger partial charge < -0.3 is 0 Å². The quantitative estimate of drug-likeness (QED) is 0.849. The van der Waals surface area contributed by atoms with Gasteiger partial charge in [-0.05, 0) is 44.4 Å². The summed E-state index contributed by atoms with van der Waals surface area (Å²) in [5.74, 6) is 0.503. The highest BCUT2D eigenvalue weighted by molar-refractivity contribution is 6.10. The molecule has 1 amide bonds. The van der Waals surface area contributed by atoms with Crippen molar-refractivity contribution in [1.29, 1.82) is 5.26 Å². The molecule has 1 saturated carbocycles. The van der Waals surface area contributed by atoms with Crippen molar-refractivity contribution in [2.24, 2.45) is 0 Å². The van der Waals surface area contributed by atoms with Crippen molar-refractivity contribution in [3.8, 4) is 6.07 Å². The zero-order valence-corrected chi connectivity index (χ0v) is 15.0. The topological polar surface area (TPSA) is 76.0 Å². The van der Waals surface area contributed by atoms with Gasteiger partial charge in [-0.3, -0.25) is 19.7 Å². The van der Waals surface area contributed by atoms with Gasteiger partial charge in [0.2, 0.25) is 0 Å². The Hall–Kier alpha value is -3.28. The molecule has 144 valence electrons. The molecule has 1 N–H and O–H groups in total. The number of carbonyl (C=O) groups is 1. The number of benzene rings is 1.